The highest BCUT2D eigenvalue weighted by molar-refractivity contribution is 5.86. The smallest absolute Gasteiger partial charge is 0.140 e. The first-order valence-corrected chi connectivity index (χ1v) is 11.6. The molecule has 0 radical (unpaired) electrons. The molecule has 0 aliphatic heterocycles. The first-order chi connectivity index (χ1) is 14.2. The van der Waals surface area contributed by atoms with E-state index in [4.69, 9.17) is 4.74 Å². The Morgan fingerprint density at radius 1 is 0.828 bits per heavy atom. The molecule has 1 fully saturated rings. The molecule has 2 atom stereocenters. The largest absolute Gasteiger partial charge is 0.494 e. The minimum Gasteiger partial charge on any atom is -0.494 e. The fourth-order valence-electron chi connectivity index (χ4n) is 4.47. The number of hydrogen-bond acceptors (Lipinski definition) is 2. The SMILES string of the molecule is CCCCCCOc1ccc(-c2ccc(C3CCC(CCC)CC3=O)cc2)cc1. The predicted molar refractivity (Wildman–Crippen MR) is 122 cm³/mol. The van der Waals surface area contributed by atoms with Crippen molar-refractivity contribution in [1.82, 2.24) is 0 Å². The Bertz CT molecular complexity index is 745. The van der Waals surface area contributed by atoms with Crippen LogP contribution in [0.5, 0.6) is 5.75 Å². The van der Waals surface area contributed by atoms with Crippen LogP contribution in [0.1, 0.15) is 83.1 Å². The third-order valence-electron chi connectivity index (χ3n) is 6.21. The van der Waals surface area contributed by atoms with Gasteiger partial charge in [0.05, 0.1) is 6.61 Å². The molecule has 2 aromatic rings. The lowest BCUT2D eigenvalue weighted by Gasteiger charge is -2.27. The molecule has 0 heterocycles. The van der Waals surface area contributed by atoms with E-state index in [9.17, 15) is 4.79 Å². The van der Waals surface area contributed by atoms with E-state index in [1.807, 2.05) is 0 Å². The number of hydrogen-bond donors (Lipinski definition) is 0. The summed E-state index contributed by atoms with van der Waals surface area (Å²) in [6.45, 7) is 5.23. The van der Waals surface area contributed by atoms with Gasteiger partial charge in [-0.15, -0.1) is 0 Å². The van der Waals surface area contributed by atoms with Gasteiger partial charge >= 0.3 is 0 Å². The number of ether oxygens (including phenoxy) is 1. The summed E-state index contributed by atoms with van der Waals surface area (Å²) in [6, 6.07) is 17.0. The monoisotopic (exact) mass is 392 g/mol. The molecule has 2 aromatic carbocycles. The molecule has 1 saturated carbocycles. The van der Waals surface area contributed by atoms with Crippen molar-refractivity contribution in [3.05, 3.63) is 54.1 Å². The molecular weight excluding hydrogens is 356 g/mol. The van der Waals surface area contributed by atoms with Crippen LogP contribution in [0.25, 0.3) is 11.1 Å². The van der Waals surface area contributed by atoms with E-state index in [1.54, 1.807) is 0 Å². The number of benzene rings is 2. The first-order valence-electron chi connectivity index (χ1n) is 11.6. The third-order valence-corrected chi connectivity index (χ3v) is 6.21. The molecule has 0 amide bonds. The lowest BCUT2D eigenvalue weighted by molar-refractivity contribution is -0.123. The summed E-state index contributed by atoms with van der Waals surface area (Å²) < 4.78 is 5.84. The van der Waals surface area contributed by atoms with Crippen LogP contribution < -0.4 is 4.74 Å². The van der Waals surface area contributed by atoms with Gasteiger partial charge in [0.15, 0.2) is 0 Å². The van der Waals surface area contributed by atoms with Crippen LogP contribution in [-0.4, -0.2) is 12.4 Å². The summed E-state index contributed by atoms with van der Waals surface area (Å²) in [5.41, 5.74) is 3.56. The molecule has 156 valence electrons. The number of carbonyl (C=O) groups excluding carboxylic acids is 1. The number of Topliss-reactive ketones (excluding diaryl/α,β-unsaturated/α-hetero) is 1. The van der Waals surface area contributed by atoms with Gasteiger partial charge in [-0.3, -0.25) is 4.79 Å². The quantitative estimate of drug-likeness (QED) is 0.390. The van der Waals surface area contributed by atoms with Crippen molar-refractivity contribution in [3.8, 4) is 16.9 Å². The summed E-state index contributed by atoms with van der Waals surface area (Å²) in [6.07, 6.45) is 10.2. The Hall–Kier alpha value is -2.09. The molecule has 2 heteroatoms. The lowest BCUT2D eigenvalue weighted by Crippen LogP contribution is -2.23. The highest BCUT2D eigenvalue weighted by Gasteiger charge is 2.29. The minimum absolute atomic E-state index is 0.0978. The van der Waals surface area contributed by atoms with Crippen molar-refractivity contribution in [3.63, 3.8) is 0 Å². The molecule has 1 aliphatic carbocycles. The molecule has 29 heavy (non-hydrogen) atoms. The van der Waals surface area contributed by atoms with E-state index in [0.717, 1.165) is 31.6 Å². The number of rotatable bonds is 10. The Labute approximate surface area is 176 Å². The molecule has 3 rings (SSSR count). The number of ketones is 1. The summed E-state index contributed by atoms with van der Waals surface area (Å²) >= 11 is 0. The average Bonchev–Trinajstić information content (AvgIpc) is 2.75. The third kappa shape index (κ3) is 6.19. The topological polar surface area (TPSA) is 26.3 Å². The maximum absolute atomic E-state index is 12.6. The van der Waals surface area contributed by atoms with Crippen LogP contribution >= 0.6 is 0 Å². The Morgan fingerprint density at radius 3 is 2.14 bits per heavy atom. The second-order valence-corrected chi connectivity index (χ2v) is 8.51. The maximum atomic E-state index is 12.6. The van der Waals surface area contributed by atoms with Gasteiger partial charge in [0, 0.05) is 12.3 Å². The van der Waals surface area contributed by atoms with Gasteiger partial charge in [0.2, 0.25) is 0 Å². The van der Waals surface area contributed by atoms with Gasteiger partial charge in [0.25, 0.3) is 0 Å². The summed E-state index contributed by atoms with van der Waals surface area (Å²) in [7, 11) is 0. The summed E-state index contributed by atoms with van der Waals surface area (Å²) in [5, 5.41) is 0. The fraction of sp³-hybridized carbons (Fsp3) is 0.519. The van der Waals surface area contributed by atoms with Crippen molar-refractivity contribution < 1.29 is 9.53 Å². The van der Waals surface area contributed by atoms with Crippen molar-refractivity contribution in [1.29, 1.82) is 0 Å². The van der Waals surface area contributed by atoms with Gasteiger partial charge < -0.3 is 4.74 Å². The van der Waals surface area contributed by atoms with Crippen LogP contribution in [-0.2, 0) is 4.79 Å². The Morgan fingerprint density at radius 2 is 1.52 bits per heavy atom. The maximum Gasteiger partial charge on any atom is 0.140 e. The highest BCUT2D eigenvalue weighted by Crippen LogP contribution is 2.35. The zero-order valence-corrected chi connectivity index (χ0v) is 18.2. The average molecular weight is 393 g/mol. The van der Waals surface area contributed by atoms with Crippen molar-refractivity contribution in [2.24, 2.45) is 5.92 Å². The lowest BCUT2D eigenvalue weighted by atomic mass is 9.76. The van der Waals surface area contributed by atoms with E-state index < -0.39 is 0 Å². The zero-order valence-electron chi connectivity index (χ0n) is 18.2. The van der Waals surface area contributed by atoms with Crippen LogP contribution in [0.15, 0.2) is 48.5 Å². The van der Waals surface area contributed by atoms with Crippen LogP contribution in [0, 0.1) is 5.92 Å². The minimum atomic E-state index is 0.0978. The molecule has 0 bridgehead atoms. The van der Waals surface area contributed by atoms with Crippen LogP contribution in [0.2, 0.25) is 0 Å². The van der Waals surface area contributed by atoms with Gasteiger partial charge in [-0.05, 0) is 54.0 Å². The molecule has 1 aliphatic rings. The van der Waals surface area contributed by atoms with E-state index >= 15 is 0 Å². The van der Waals surface area contributed by atoms with E-state index in [2.05, 4.69) is 62.4 Å². The van der Waals surface area contributed by atoms with Gasteiger partial charge in [-0.25, -0.2) is 0 Å². The van der Waals surface area contributed by atoms with Crippen molar-refractivity contribution in [2.45, 2.75) is 77.6 Å². The van der Waals surface area contributed by atoms with Crippen LogP contribution in [0.3, 0.4) is 0 Å². The van der Waals surface area contributed by atoms with E-state index in [0.29, 0.717) is 11.7 Å². The molecule has 2 unspecified atom stereocenters. The van der Waals surface area contributed by atoms with Gasteiger partial charge in [-0.1, -0.05) is 82.3 Å². The number of unbranched alkanes of at least 4 members (excludes halogenated alkanes) is 3. The molecule has 0 spiro atoms. The molecule has 2 nitrogen and oxygen atoms in total. The Balaban J connectivity index is 1.55. The standard InChI is InChI=1S/C27H36O2/c1-3-5-6-7-19-29-25-16-14-23(15-17-25)22-10-12-24(13-11-22)26-18-9-21(8-4-2)20-27(26)28/h10-17,21,26H,3-9,18-20H2,1-2H3. The Kier molecular flexibility index (Phi) is 8.34. The van der Waals surface area contributed by atoms with Crippen molar-refractivity contribution >= 4 is 5.78 Å². The second-order valence-electron chi connectivity index (χ2n) is 8.51. The first kappa shape index (κ1) is 21.6. The molecular formula is C27H36O2. The predicted octanol–water partition coefficient (Wildman–Crippen LogP) is 7.57. The fourth-order valence-corrected chi connectivity index (χ4v) is 4.47. The number of carbonyl (C=O) groups is 1. The second kappa shape index (κ2) is 11.2. The molecule has 0 aromatic heterocycles. The van der Waals surface area contributed by atoms with Gasteiger partial charge in [0.1, 0.15) is 11.5 Å². The van der Waals surface area contributed by atoms with E-state index in [1.165, 1.54) is 55.2 Å². The van der Waals surface area contributed by atoms with Crippen LogP contribution in [0.4, 0.5) is 0 Å². The normalized spacial score (nSPS) is 19.3. The summed E-state index contributed by atoms with van der Waals surface area (Å²) in [5.74, 6) is 2.08. The molecule has 0 saturated heterocycles. The van der Waals surface area contributed by atoms with E-state index in [-0.39, 0.29) is 5.92 Å². The van der Waals surface area contributed by atoms with Gasteiger partial charge in [-0.2, -0.15) is 0 Å². The summed E-state index contributed by atoms with van der Waals surface area (Å²) in [4.78, 5) is 12.6. The highest BCUT2D eigenvalue weighted by atomic mass is 16.5. The zero-order chi connectivity index (χ0) is 20.5. The molecule has 0 N–H and O–H groups in total. The van der Waals surface area contributed by atoms with Crippen molar-refractivity contribution in [2.75, 3.05) is 6.61 Å².